The van der Waals surface area contributed by atoms with E-state index in [1.807, 2.05) is 0 Å². The minimum Gasteiger partial charge on any atom is -0.379 e. The molecular formula is C16H22BrIO. The highest BCUT2D eigenvalue weighted by Gasteiger charge is 2.21. The molecule has 0 aliphatic heterocycles. The van der Waals surface area contributed by atoms with Crippen LogP contribution in [0, 0.1) is 9.49 Å². The fourth-order valence-corrected chi connectivity index (χ4v) is 4.40. The maximum Gasteiger partial charge on any atom is 0.0575 e. The van der Waals surface area contributed by atoms with Crippen LogP contribution in [0.15, 0.2) is 22.7 Å². The summed E-state index contributed by atoms with van der Waals surface area (Å²) in [6, 6.07) is 6.67. The van der Waals surface area contributed by atoms with Gasteiger partial charge in [-0.2, -0.15) is 0 Å². The summed E-state index contributed by atoms with van der Waals surface area (Å²) in [5.41, 5.74) is 1.45. The van der Waals surface area contributed by atoms with Crippen molar-refractivity contribution in [2.24, 2.45) is 5.92 Å². The van der Waals surface area contributed by atoms with E-state index in [1.165, 1.54) is 52.1 Å². The van der Waals surface area contributed by atoms with Gasteiger partial charge in [0, 0.05) is 14.6 Å². The van der Waals surface area contributed by atoms with Crippen molar-refractivity contribution in [2.45, 2.75) is 51.6 Å². The predicted octanol–water partition coefficient (Wildman–Crippen LogP) is 5.58. The summed E-state index contributed by atoms with van der Waals surface area (Å²) < 4.78 is 8.28. The van der Waals surface area contributed by atoms with Crippen LogP contribution in [0.2, 0.25) is 0 Å². The second-order valence-corrected chi connectivity index (χ2v) is 7.47. The van der Waals surface area contributed by atoms with Crippen LogP contribution in [0.5, 0.6) is 0 Å². The minimum atomic E-state index is 0.534. The van der Waals surface area contributed by atoms with Gasteiger partial charge >= 0.3 is 0 Å². The number of ether oxygens (including phenoxy) is 1. The molecule has 0 amide bonds. The van der Waals surface area contributed by atoms with Gasteiger partial charge in [0.15, 0.2) is 0 Å². The fourth-order valence-electron chi connectivity index (χ4n) is 2.91. The molecule has 106 valence electrons. The Bertz CT molecular complexity index is 400. The van der Waals surface area contributed by atoms with Crippen LogP contribution in [0.25, 0.3) is 0 Å². The van der Waals surface area contributed by atoms with Crippen molar-refractivity contribution in [3.8, 4) is 0 Å². The summed E-state index contributed by atoms with van der Waals surface area (Å²) in [6.07, 6.45) is 8.24. The molecule has 0 bridgehead atoms. The summed E-state index contributed by atoms with van der Waals surface area (Å²) in [4.78, 5) is 0. The third-order valence-electron chi connectivity index (χ3n) is 4.03. The highest BCUT2D eigenvalue weighted by atomic mass is 127. The van der Waals surface area contributed by atoms with E-state index in [0.29, 0.717) is 6.10 Å². The molecule has 1 aliphatic carbocycles. The number of hydrogen-bond acceptors (Lipinski definition) is 1. The summed E-state index contributed by atoms with van der Waals surface area (Å²) in [7, 11) is 0. The van der Waals surface area contributed by atoms with Gasteiger partial charge in [0.2, 0.25) is 0 Å². The third-order valence-corrected chi connectivity index (χ3v) is 5.44. The Hall–Kier alpha value is 0.390. The van der Waals surface area contributed by atoms with Crippen LogP contribution in [-0.4, -0.2) is 12.7 Å². The van der Waals surface area contributed by atoms with E-state index in [9.17, 15) is 0 Å². The Balaban J connectivity index is 1.77. The van der Waals surface area contributed by atoms with Crippen LogP contribution in [0.1, 0.15) is 44.6 Å². The monoisotopic (exact) mass is 436 g/mol. The molecule has 0 aromatic heterocycles. The zero-order valence-electron chi connectivity index (χ0n) is 11.5. The van der Waals surface area contributed by atoms with Gasteiger partial charge in [-0.15, -0.1) is 0 Å². The van der Waals surface area contributed by atoms with Crippen LogP contribution in [0.3, 0.4) is 0 Å². The van der Waals surface area contributed by atoms with Gasteiger partial charge in [-0.25, -0.2) is 0 Å². The molecule has 1 nitrogen and oxygen atoms in total. The largest absolute Gasteiger partial charge is 0.379 e. The maximum atomic E-state index is 5.72. The summed E-state index contributed by atoms with van der Waals surface area (Å²) in [5.74, 6) is 0.892. The first-order valence-electron chi connectivity index (χ1n) is 7.24. The predicted molar refractivity (Wildman–Crippen MR) is 92.6 cm³/mol. The molecule has 1 aromatic carbocycles. The number of hydrogen-bond donors (Lipinski definition) is 0. The third kappa shape index (κ3) is 5.01. The molecule has 0 saturated heterocycles. The topological polar surface area (TPSA) is 9.23 Å². The second kappa shape index (κ2) is 7.99. The van der Waals surface area contributed by atoms with Crippen molar-refractivity contribution in [1.82, 2.24) is 0 Å². The van der Waals surface area contributed by atoms with E-state index >= 15 is 0 Å². The van der Waals surface area contributed by atoms with Gasteiger partial charge in [-0.05, 0) is 91.7 Å². The maximum absolute atomic E-state index is 5.72. The lowest BCUT2D eigenvalue weighted by Crippen LogP contribution is -2.21. The van der Waals surface area contributed by atoms with Gasteiger partial charge < -0.3 is 4.74 Å². The lowest BCUT2D eigenvalue weighted by atomic mass is 9.84. The van der Waals surface area contributed by atoms with Crippen LogP contribution in [-0.2, 0) is 11.2 Å². The summed E-state index contributed by atoms with van der Waals surface area (Å²) in [5, 5.41) is 0. The Kier molecular flexibility index (Phi) is 6.63. The number of halogens is 2. The van der Waals surface area contributed by atoms with E-state index < -0.39 is 0 Å². The molecule has 0 heterocycles. The molecule has 1 fully saturated rings. The Morgan fingerprint density at radius 3 is 2.63 bits per heavy atom. The Morgan fingerprint density at radius 2 is 2.00 bits per heavy atom. The molecule has 1 aromatic rings. The molecule has 0 atom stereocenters. The van der Waals surface area contributed by atoms with Gasteiger partial charge in [-0.3, -0.25) is 0 Å². The Morgan fingerprint density at radius 1 is 1.26 bits per heavy atom. The van der Waals surface area contributed by atoms with E-state index in [2.05, 4.69) is 63.6 Å². The second-order valence-electron chi connectivity index (χ2n) is 5.37. The quantitative estimate of drug-likeness (QED) is 0.547. The highest BCUT2D eigenvalue weighted by molar-refractivity contribution is 14.1. The number of aryl methyl sites for hydroxylation is 1. The molecule has 0 radical (unpaired) electrons. The average Bonchev–Trinajstić information content (AvgIpc) is 2.40. The van der Waals surface area contributed by atoms with Crippen molar-refractivity contribution < 1.29 is 4.74 Å². The molecule has 19 heavy (non-hydrogen) atoms. The lowest BCUT2D eigenvalue weighted by Gasteiger charge is -2.28. The van der Waals surface area contributed by atoms with E-state index in [0.717, 1.165) is 12.5 Å². The molecule has 0 unspecified atom stereocenters. The van der Waals surface area contributed by atoms with Crippen molar-refractivity contribution in [3.63, 3.8) is 0 Å². The molecule has 0 spiro atoms. The first-order valence-corrected chi connectivity index (χ1v) is 9.11. The molecule has 3 heteroatoms. The number of benzene rings is 1. The van der Waals surface area contributed by atoms with E-state index in [1.54, 1.807) is 0 Å². The first kappa shape index (κ1) is 15.8. The van der Waals surface area contributed by atoms with E-state index in [4.69, 9.17) is 4.74 Å². The molecular weight excluding hydrogens is 415 g/mol. The van der Waals surface area contributed by atoms with E-state index in [-0.39, 0.29) is 0 Å². The van der Waals surface area contributed by atoms with Crippen LogP contribution in [0.4, 0.5) is 0 Å². The Labute approximate surface area is 138 Å². The first-order chi connectivity index (χ1) is 9.19. The standard InChI is InChI=1S/C16H22BrIO/c1-2-19-15-9-4-12(5-10-15)3-6-13-7-8-14(18)11-16(13)17/h7-8,11-12,15H,2-6,9-10H2,1H3. The zero-order chi connectivity index (χ0) is 13.7. The van der Waals surface area contributed by atoms with Gasteiger partial charge in [-0.1, -0.05) is 22.0 Å². The zero-order valence-corrected chi connectivity index (χ0v) is 15.2. The molecule has 1 aliphatic rings. The highest BCUT2D eigenvalue weighted by Crippen LogP contribution is 2.30. The minimum absolute atomic E-state index is 0.534. The van der Waals surface area contributed by atoms with Gasteiger partial charge in [0.25, 0.3) is 0 Å². The van der Waals surface area contributed by atoms with Gasteiger partial charge in [0.05, 0.1) is 6.10 Å². The normalized spacial score (nSPS) is 23.5. The molecule has 1 saturated carbocycles. The summed E-state index contributed by atoms with van der Waals surface area (Å²) in [6.45, 7) is 2.96. The van der Waals surface area contributed by atoms with Crippen molar-refractivity contribution in [3.05, 3.63) is 31.8 Å². The van der Waals surface area contributed by atoms with Crippen molar-refractivity contribution in [2.75, 3.05) is 6.61 Å². The SMILES string of the molecule is CCOC1CCC(CCc2ccc(I)cc2Br)CC1. The lowest BCUT2D eigenvalue weighted by molar-refractivity contribution is 0.0248. The van der Waals surface area contributed by atoms with Crippen molar-refractivity contribution in [1.29, 1.82) is 0 Å². The van der Waals surface area contributed by atoms with Crippen LogP contribution >= 0.6 is 38.5 Å². The van der Waals surface area contributed by atoms with Gasteiger partial charge in [0.1, 0.15) is 0 Å². The fraction of sp³-hybridized carbons (Fsp3) is 0.625. The van der Waals surface area contributed by atoms with Crippen LogP contribution < -0.4 is 0 Å². The smallest absolute Gasteiger partial charge is 0.0575 e. The molecule has 0 N–H and O–H groups in total. The molecule has 2 rings (SSSR count). The average molecular weight is 437 g/mol. The number of rotatable bonds is 5. The van der Waals surface area contributed by atoms with Crippen molar-refractivity contribution >= 4 is 38.5 Å². The summed E-state index contributed by atoms with van der Waals surface area (Å²) >= 11 is 6.04.